The summed E-state index contributed by atoms with van der Waals surface area (Å²) in [6, 6.07) is 13.3. The minimum atomic E-state index is -1.26. The van der Waals surface area contributed by atoms with Gasteiger partial charge in [0.15, 0.2) is 0 Å². The number of esters is 3. The molecule has 0 saturated carbocycles. The van der Waals surface area contributed by atoms with Gasteiger partial charge in [-0.15, -0.1) is 0 Å². The third-order valence-corrected chi connectivity index (χ3v) is 6.87. The van der Waals surface area contributed by atoms with Crippen LogP contribution in [-0.4, -0.2) is 66.9 Å². The number of nitrogens with one attached hydrogen (secondary N) is 2. The molecule has 0 spiro atoms. The Hall–Kier alpha value is -4.41. The van der Waals surface area contributed by atoms with Crippen molar-refractivity contribution in [3.63, 3.8) is 0 Å². The van der Waals surface area contributed by atoms with Gasteiger partial charge < -0.3 is 29.6 Å². The molecule has 244 valence electrons. The van der Waals surface area contributed by atoms with Crippen molar-refractivity contribution in [2.24, 2.45) is 0 Å². The van der Waals surface area contributed by atoms with Crippen LogP contribution in [0, 0.1) is 0 Å². The Kier molecular flexibility index (Phi) is 11.7. The Bertz CT molecular complexity index is 1350. The monoisotopic (exact) mass is 624 g/mol. The van der Waals surface area contributed by atoms with Gasteiger partial charge in [0, 0.05) is 18.8 Å². The first-order valence-electron chi connectivity index (χ1n) is 15.0. The molecule has 0 unspecified atom stereocenters. The molecule has 11 heteroatoms. The molecule has 0 fully saturated rings. The van der Waals surface area contributed by atoms with Gasteiger partial charge in [-0.1, -0.05) is 48.5 Å². The number of alkyl carbamates (subject to hydrolysis) is 1. The quantitative estimate of drug-likeness (QED) is 0.251. The van der Waals surface area contributed by atoms with Gasteiger partial charge in [0.25, 0.3) is 0 Å². The van der Waals surface area contributed by atoms with Crippen LogP contribution in [-0.2, 0) is 38.1 Å². The van der Waals surface area contributed by atoms with E-state index in [1.807, 2.05) is 48.5 Å². The summed E-state index contributed by atoms with van der Waals surface area (Å²) < 4.78 is 21.1. The zero-order valence-electron chi connectivity index (χ0n) is 27.1. The number of carbonyl (C=O) groups excluding carboxylic acids is 5. The first-order valence-corrected chi connectivity index (χ1v) is 15.0. The number of ether oxygens (including phenoxy) is 4. The topological polar surface area (TPSA) is 146 Å². The predicted molar refractivity (Wildman–Crippen MR) is 166 cm³/mol. The standard InChI is InChI=1S/C34H44N2O9/c1-33(2,3)44-28(37)18-16-26(30(39)35-27(31(40)42-7)17-19-29(38)45-34(4,5)6)36-32(41)43-20-25-23-14-10-8-12-21(23)22-13-9-11-15-24(22)25/h8-15,25-27H,16-20H2,1-7H3,(H,35,39)(H,36,41)/t26-,27-/m1/s1. The number of amides is 2. The summed E-state index contributed by atoms with van der Waals surface area (Å²) in [4.78, 5) is 63.7. The zero-order chi connectivity index (χ0) is 33.4. The van der Waals surface area contributed by atoms with E-state index in [1.54, 1.807) is 41.5 Å². The van der Waals surface area contributed by atoms with Gasteiger partial charge in [-0.05, 0) is 76.6 Å². The Morgan fingerprint density at radius 3 is 1.64 bits per heavy atom. The molecule has 1 aliphatic rings. The maximum Gasteiger partial charge on any atom is 0.407 e. The summed E-state index contributed by atoms with van der Waals surface area (Å²) in [7, 11) is 1.16. The van der Waals surface area contributed by atoms with Crippen molar-refractivity contribution in [2.75, 3.05) is 13.7 Å². The van der Waals surface area contributed by atoms with Gasteiger partial charge in [0.2, 0.25) is 5.91 Å². The molecule has 2 aromatic carbocycles. The van der Waals surface area contributed by atoms with E-state index in [1.165, 1.54) is 0 Å². The Morgan fingerprint density at radius 2 is 1.18 bits per heavy atom. The molecule has 2 aromatic rings. The van der Waals surface area contributed by atoms with Gasteiger partial charge in [-0.3, -0.25) is 14.4 Å². The van der Waals surface area contributed by atoms with Crippen molar-refractivity contribution in [1.29, 1.82) is 0 Å². The van der Waals surface area contributed by atoms with Crippen molar-refractivity contribution in [3.05, 3.63) is 59.7 Å². The van der Waals surface area contributed by atoms with Crippen LogP contribution in [0.3, 0.4) is 0 Å². The fourth-order valence-electron chi connectivity index (χ4n) is 5.02. The van der Waals surface area contributed by atoms with Crippen molar-refractivity contribution in [1.82, 2.24) is 10.6 Å². The molecule has 0 aromatic heterocycles. The SMILES string of the molecule is COC(=O)[C@@H](CCC(=O)OC(C)(C)C)NC(=O)[C@@H](CCC(=O)OC(C)(C)C)NC(=O)OCC1c2ccccc2-c2ccccc21. The van der Waals surface area contributed by atoms with E-state index in [2.05, 4.69) is 10.6 Å². The van der Waals surface area contributed by atoms with Crippen LogP contribution in [0.4, 0.5) is 4.79 Å². The summed E-state index contributed by atoms with van der Waals surface area (Å²) in [5, 5.41) is 5.08. The summed E-state index contributed by atoms with van der Waals surface area (Å²) in [6.45, 7) is 10.3. The van der Waals surface area contributed by atoms with E-state index in [0.717, 1.165) is 29.4 Å². The van der Waals surface area contributed by atoms with Gasteiger partial charge in [-0.2, -0.15) is 0 Å². The minimum Gasteiger partial charge on any atom is -0.467 e. The van der Waals surface area contributed by atoms with E-state index in [4.69, 9.17) is 18.9 Å². The van der Waals surface area contributed by atoms with Crippen LogP contribution in [0.1, 0.15) is 84.3 Å². The average molecular weight is 625 g/mol. The van der Waals surface area contributed by atoms with Crippen molar-refractivity contribution < 1.29 is 42.9 Å². The first-order chi connectivity index (χ1) is 21.1. The maximum atomic E-state index is 13.4. The van der Waals surface area contributed by atoms with E-state index in [-0.39, 0.29) is 38.2 Å². The van der Waals surface area contributed by atoms with Gasteiger partial charge in [-0.25, -0.2) is 9.59 Å². The molecule has 2 N–H and O–H groups in total. The number of rotatable bonds is 12. The number of benzene rings is 2. The predicted octanol–water partition coefficient (Wildman–Crippen LogP) is 4.80. The number of carbonyl (C=O) groups is 5. The van der Waals surface area contributed by atoms with Gasteiger partial charge >= 0.3 is 24.0 Å². The molecule has 2 amide bonds. The largest absolute Gasteiger partial charge is 0.467 e. The van der Waals surface area contributed by atoms with Crippen molar-refractivity contribution in [2.45, 2.75) is 96.4 Å². The third kappa shape index (κ3) is 10.6. The highest BCUT2D eigenvalue weighted by molar-refractivity contribution is 5.90. The van der Waals surface area contributed by atoms with E-state index in [0.29, 0.717) is 0 Å². The lowest BCUT2D eigenvalue weighted by molar-refractivity contribution is -0.157. The zero-order valence-corrected chi connectivity index (χ0v) is 27.1. The van der Waals surface area contributed by atoms with E-state index < -0.39 is 53.2 Å². The molecule has 0 bridgehead atoms. The molecule has 0 radical (unpaired) electrons. The molecule has 0 heterocycles. The highest BCUT2D eigenvalue weighted by Gasteiger charge is 2.32. The smallest absolute Gasteiger partial charge is 0.407 e. The summed E-state index contributed by atoms with van der Waals surface area (Å²) in [5.41, 5.74) is 2.72. The third-order valence-electron chi connectivity index (χ3n) is 6.87. The van der Waals surface area contributed by atoms with Gasteiger partial charge in [0.05, 0.1) is 7.11 Å². The first kappa shape index (κ1) is 35.1. The summed E-state index contributed by atoms with van der Waals surface area (Å²) >= 11 is 0. The highest BCUT2D eigenvalue weighted by Crippen LogP contribution is 2.44. The lowest BCUT2D eigenvalue weighted by Gasteiger charge is -2.24. The number of fused-ring (bicyclic) bond motifs is 3. The molecule has 45 heavy (non-hydrogen) atoms. The van der Waals surface area contributed by atoms with Crippen LogP contribution in [0.15, 0.2) is 48.5 Å². The lowest BCUT2D eigenvalue weighted by Crippen LogP contribution is -2.52. The second-order valence-corrected chi connectivity index (χ2v) is 12.9. The number of hydrogen-bond acceptors (Lipinski definition) is 9. The van der Waals surface area contributed by atoms with Crippen LogP contribution < -0.4 is 10.6 Å². The molecule has 11 nitrogen and oxygen atoms in total. The van der Waals surface area contributed by atoms with Crippen molar-refractivity contribution >= 4 is 29.9 Å². The normalized spacial score (nSPS) is 13.8. The van der Waals surface area contributed by atoms with Crippen LogP contribution in [0.2, 0.25) is 0 Å². The Labute approximate surface area is 264 Å². The van der Waals surface area contributed by atoms with E-state index in [9.17, 15) is 24.0 Å². The molecule has 2 atom stereocenters. The minimum absolute atomic E-state index is 0.0148. The van der Waals surface area contributed by atoms with Crippen LogP contribution in [0.25, 0.3) is 11.1 Å². The second-order valence-electron chi connectivity index (χ2n) is 12.9. The summed E-state index contributed by atoms with van der Waals surface area (Å²) in [6.07, 6.45) is -1.47. The molecule has 1 aliphatic carbocycles. The van der Waals surface area contributed by atoms with Crippen LogP contribution in [0.5, 0.6) is 0 Å². The number of methoxy groups -OCH3 is 1. The molecule has 0 aliphatic heterocycles. The molecular formula is C34H44N2O9. The van der Waals surface area contributed by atoms with E-state index >= 15 is 0 Å². The Balaban J connectivity index is 1.71. The second kappa shape index (κ2) is 15.0. The Morgan fingerprint density at radius 1 is 0.711 bits per heavy atom. The fourth-order valence-corrected chi connectivity index (χ4v) is 5.02. The maximum absolute atomic E-state index is 13.4. The number of hydrogen-bond donors (Lipinski definition) is 2. The molecule has 3 rings (SSSR count). The van der Waals surface area contributed by atoms with Crippen LogP contribution >= 0.6 is 0 Å². The lowest BCUT2D eigenvalue weighted by atomic mass is 9.98. The average Bonchev–Trinajstić information content (AvgIpc) is 3.27. The van der Waals surface area contributed by atoms with Gasteiger partial charge in [0.1, 0.15) is 29.9 Å². The molecular weight excluding hydrogens is 580 g/mol. The fraction of sp³-hybridized carbons (Fsp3) is 0.500. The summed E-state index contributed by atoms with van der Waals surface area (Å²) in [5.74, 6) is -2.85. The highest BCUT2D eigenvalue weighted by atomic mass is 16.6. The molecule has 0 saturated heterocycles. The van der Waals surface area contributed by atoms with Crippen molar-refractivity contribution in [3.8, 4) is 11.1 Å².